The van der Waals surface area contributed by atoms with Gasteiger partial charge in [-0.3, -0.25) is 28.6 Å². The van der Waals surface area contributed by atoms with Crippen molar-refractivity contribution in [3.05, 3.63) is 59.3 Å². The van der Waals surface area contributed by atoms with Crippen LogP contribution in [0.4, 0.5) is 4.39 Å². The van der Waals surface area contributed by atoms with Crippen LogP contribution in [0.1, 0.15) is 86.6 Å². The molecule has 5 atom stereocenters. The summed E-state index contributed by atoms with van der Waals surface area (Å²) in [4.78, 5) is 66.6. The molecule has 2 aliphatic carbocycles. The van der Waals surface area contributed by atoms with Crippen molar-refractivity contribution in [3.8, 4) is 5.88 Å². The second-order valence-electron chi connectivity index (χ2n) is 15.3. The summed E-state index contributed by atoms with van der Waals surface area (Å²) in [7, 11) is -2.37. The van der Waals surface area contributed by atoms with Gasteiger partial charge >= 0.3 is 0 Å². The van der Waals surface area contributed by atoms with Crippen LogP contribution in [0.2, 0.25) is 0 Å². The minimum Gasteiger partial charge on any atom is -0.471 e. The lowest BCUT2D eigenvalue weighted by Crippen LogP contribution is -2.58. The molecule has 17 heteroatoms. The van der Waals surface area contributed by atoms with Gasteiger partial charge in [0.1, 0.15) is 40.9 Å². The summed E-state index contributed by atoms with van der Waals surface area (Å²) < 4.78 is 49.2. The molecular weight excluding hydrogens is 720 g/mol. The highest BCUT2D eigenvalue weighted by atomic mass is 32.2. The number of nitrogens with one attached hydrogen (secondary N) is 3. The van der Waals surface area contributed by atoms with Gasteiger partial charge in [0.25, 0.3) is 11.8 Å². The highest BCUT2D eigenvalue weighted by Gasteiger charge is 2.63. The average molecular weight is 765 g/mol. The molecule has 7 rings (SSSR count). The van der Waals surface area contributed by atoms with E-state index in [-0.39, 0.29) is 36.5 Å². The molecule has 1 aromatic carbocycles. The SMILES string of the molecule is Cc1cc(C(=O)N[C@H]2CCCCCC=C[C@@H]3C[C@@]3(C(=O)NS(=O)(=O)C3(C)CC3)NC(=O)[C@@H]3C[C@@H](Oc4nc5cc(F)ccc5nc4C)CN3C2=O)n(C)n1. The lowest BCUT2D eigenvalue weighted by Gasteiger charge is -2.30. The summed E-state index contributed by atoms with van der Waals surface area (Å²) in [6, 6.07) is 3.47. The number of ether oxygens (including phenoxy) is 1. The standard InChI is InChI=1S/C37H45FN8O7S/c1-21-16-29(45(4)43-21)31(47)40-27-11-9-7-5-6-8-10-23-19-37(23,35(50)44-54(51,52)36(3)14-15-36)42-32(48)30-18-25(20-46(30)34(27)49)53-33-22(2)39-26-13-12-24(38)17-28(26)41-33/h8,10,12-13,16-17,23,25,27,30H,5-7,9,11,14-15,18-20H2,1-4H3,(H,40,47)(H,42,48)(H,44,50)/t23-,25-,27+,30+,37-/m1/s1. The predicted molar refractivity (Wildman–Crippen MR) is 194 cm³/mol. The molecule has 2 aliphatic heterocycles. The molecule has 0 radical (unpaired) electrons. The molecule has 3 aromatic rings. The first-order valence-electron chi connectivity index (χ1n) is 18.4. The van der Waals surface area contributed by atoms with Crippen molar-refractivity contribution in [2.75, 3.05) is 6.54 Å². The Balaban J connectivity index is 1.20. The molecule has 54 heavy (non-hydrogen) atoms. The monoisotopic (exact) mass is 764 g/mol. The number of sulfonamides is 1. The third kappa shape index (κ3) is 7.29. The number of hydrogen-bond donors (Lipinski definition) is 3. The number of fused-ring (bicyclic) bond motifs is 3. The van der Waals surface area contributed by atoms with Crippen LogP contribution in [0.5, 0.6) is 5.88 Å². The first kappa shape index (κ1) is 37.4. The number of amides is 4. The molecule has 3 N–H and O–H groups in total. The van der Waals surface area contributed by atoms with Crippen LogP contribution in [0.15, 0.2) is 36.4 Å². The Morgan fingerprint density at radius 1 is 1.07 bits per heavy atom. The fraction of sp³-hybridized carbons (Fsp3) is 0.541. The molecule has 3 fully saturated rings. The van der Waals surface area contributed by atoms with Crippen LogP contribution >= 0.6 is 0 Å². The van der Waals surface area contributed by atoms with Crippen LogP contribution in [-0.2, 0) is 31.5 Å². The number of aryl methyl sites for hydroxylation is 3. The summed E-state index contributed by atoms with van der Waals surface area (Å²) in [5, 5.41) is 9.99. The van der Waals surface area contributed by atoms with E-state index in [0.29, 0.717) is 49.0 Å². The van der Waals surface area contributed by atoms with Crippen molar-refractivity contribution in [2.24, 2.45) is 13.0 Å². The zero-order chi connectivity index (χ0) is 38.6. The van der Waals surface area contributed by atoms with Crippen molar-refractivity contribution in [3.63, 3.8) is 0 Å². The number of benzene rings is 1. The summed E-state index contributed by atoms with van der Waals surface area (Å²) in [6.45, 7) is 4.93. The molecule has 4 aliphatic rings. The maximum atomic E-state index is 14.6. The van der Waals surface area contributed by atoms with Crippen molar-refractivity contribution in [2.45, 2.75) is 107 Å². The summed E-state index contributed by atoms with van der Waals surface area (Å²) in [5.74, 6) is -3.36. The molecule has 288 valence electrons. The number of halogens is 1. The van der Waals surface area contributed by atoms with E-state index in [0.717, 1.165) is 12.8 Å². The van der Waals surface area contributed by atoms with Gasteiger partial charge in [-0.2, -0.15) is 5.10 Å². The molecule has 15 nitrogen and oxygen atoms in total. The van der Waals surface area contributed by atoms with E-state index in [1.165, 1.54) is 27.8 Å². The molecule has 4 heterocycles. The number of carbonyl (C=O) groups excluding carboxylic acids is 4. The topological polar surface area (TPSA) is 195 Å². The Kier molecular flexibility index (Phi) is 9.73. The van der Waals surface area contributed by atoms with Gasteiger partial charge in [0, 0.05) is 25.5 Å². The highest BCUT2D eigenvalue weighted by molar-refractivity contribution is 7.91. The molecular formula is C37H45FN8O7S. The van der Waals surface area contributed by atoms with Crippen LogP contribution in [0, 0.1) is 25.6 Å². The van der Waals surface area contributed by atoms with Gasteiger partial charge in [0.15, 0.2) is 0 Å². The van der Waals surface area contributed by atoms with Crippen LogP contribution in [0.25, 0.3) is 11.0 Å². The maximum absolute atomic E-state index is 14.6. The Labute approximate surface area is 312 Å². The van der Waals surface area contributed by atoms with Gasteiger partial charge in [0.05, 0.1) is 28.0 Å². The van der Waals surface area contributed by atoms with E-state index in [1.54, 1.807) is 33.9 Å². The molecule has 2 aromatic heterocycles. The van der Waals surface area contributed by atoms with E-state index in [2.05, 4.69) is 30.4 Å². The number of aromatic nitrogens is 4. The lowest BCUT2D eigenvalue weighted by atomic mass is 10.0. The zero-order valence-electron chi connectivity index (χ0n) is 30.7. The molecule has 1 saturated heterocycles. The van der Waals surface area contributed by atoms with Crippen LogP contribution in [0.3, 0.4) is 0 Å². The summed E-state index contributed by atoms with van der Waals surface area (Å²) in [5.41, 5.74) is 0.496. The Bertz CT molecular complexity index is 2170. The lowest BCUT2D eigenvalue weighted by molar-refractivity contribution is -0.141. The third-order valence-electron chi connectivity index (χ3n) is 11.1. The van der Waals surface area contributed by atoms with E-state index < -0.39 is 73.9 Å². The second-order valence-corrected chi connectivity index (χ2v) is 17.5. The second kappa shape index (κ2) is 14.0. The molecule has 0 bridgehead atoms. The van der Waals surface area contributed by atoms with Gasteiger partial charge in [-0.1, -0.05) is 25.0 Å². The molecule has 2 saturated carbocycles. The first-order chi connectivity index (χ1) is 25.6. The van der Waals surface area contributed by atoms with Crippen molar-refractivity contribution < 1.29 is 36.7 Å². The van der Waals surface area contributed by atoms with Gasteiger partial charge in [-0.05, 0) is 77.5 Å². The largest absolute Gasteiger partial charge is 0.471 e. The van der Waals surface area contributed by atoms with Crippen molar-refractivity contribution >= 4 is 44.7 Å². The predicted octanol–water partition coefficient (Wildman–Crippen LogP) is 2.66. The normalized spacial score (nSPS) is 26.9. The smallest absolute Gasteiger partial charge is 0.270 e. The Morgan fingerprint density at radius 3 is 2.57 bits per heavy atom. The Morgan fingerprint density at radius 2 is 1.85 bits per heavy atom. The quantitative estimate of drug-likeness (QED) is 0.301. The molecule has 0 unspecified atom stereocenters. The molecule has 4 amide bonds. The average Bonchev–Trinajstić information content (AvgIpc) is 3.94. The van der Waals surface area contributed by atoms with Gasteiger partial charge in [0.2, 0.25) is 27.7 Å². The van der Waals surface area contributed by atoms with E-state index in [4.69, 9.17) is 4.74 Å². The van der Waals surface area contributed by atoms with Gasteiger partial charge in [-0.15, -0.1) is 0 Å². The number of nitrogens with zero attached hydrogens (tertiary/aromatic N) is 5. The highest BCUT2D eigenvalue weighted by Crippen LogP contribution is 2.47. The van der Waals surface area contributed by atoms with E-state index in [1.807, 2.05) is 12.2 Å². The van der Waals surface area contributed by atoms with Gasteiger partial charge in [-0.25, -0.2) is 22.8 Å². The van der Waals surface area contributed by atoms with E-state index >= 15 is 0 Å². The summed E-state index contributed by atoms with van der Waals surface area (Å²) in [6.07, 6.45) is 7.10. The number of rotatable bonds is 7. The van der Waals surface area contributed by atoms with Crippen molar-refractivity contribution in [1.29, 1.82) is 0 Å². The number of allylic oxidation sites excluding steroid dienone is 1. The maximum Gasteiger partial charge on any atom is 0.270 e. The zero-order valence-corrected chi connectivity index (χ0v) is 31.5. The van der Waals surface area contributed by atoms with Gasteiger partial charge < -0.3 is 20.3 Å². The minimum atomic E-state index is -4.01. The fourth-order valence-electron chi connectivity index (χ4n) is 7.37. The summed E-state index contributed by atoms with van der Waals surface area (Å²) >= 11 is 0. The van der Waals surface area contributed by atoms with Crippen LogP contribution < -0.4 is 20.1 Å². The van der Waals surface area contributed by atoms with Crippen molar-refractivity contribution in [1.82, 2.24) is 40.0 Å². The third-order valence-corrected chi connectivity index (χ3v) is 13.2. The first-order valence-corrected chi connectivity index (χ1v) is 19.9. The minimum absolute atomic E-state index is 0.0178. The fourth-order valence-corrected chi connectivity index (χ4v) is 8.68. The Hall–Kier alpha value is -4.93. The molecule has 0 spiro atoms. The van der Waals surface area contributed by atoms with Crippen LogP contribution in [-0.4, -0.2) is 91.7 Å². The number of hydrogen-bond acceptors (Lipinski definition) is 10. The van der Waals surface area contributed by atoms with E-state index in [9.17, 15) is 32.0 Å². The number of carbonyl (C=O) groups is 4.